The normalized spacial score (nSPS) is 26.4. The smallest absolute Gasteiger partial charge is 0.328 e. The molecule has 3 N–H and O–H groups in total. The molecular weight excluding hydrogens is 476 g/mol. The van der Waals surface area contributed by atoms with Gasteiger partial charge in [0.25, 0.3) is 5.91 Å². The van der Waals surface area contributed by atoms with E-state index in [2.05, 4.69) is 29.5 Å². The number of likely N-dealkylation sites (tertiary alicyclic amines) is 1. The molecule has 1 unspecified atom stereocenters. The number of methoxy groups -OCH3 is 2. The van der Waals surface area contributed by atoms with Crippen LogP contribution in [0.1, 0.15) is 43.6 Å². The fourth-order valence-electron chi connectivity index (χ4n) is 6.31. The second-order valence-electron chi connectivity index (χ2n) is 10.9. The molecule has 2 aromatic rings. The number of piperidine rings is 1. The van der Waals surface area contributed by atoms with Crippen molar-refractivity contribution < 1.29 is 28.7 Å². The molecule has 1 aliphatic carbocycles. The van der Waals surface area contributed by atoms with E-state index in [1.165, 1.54) is 7.11 Å². The molecule has 10 nitrogen and oxygen atoms in total. The number of aromatic amines is 1. The fourth-order valence-corrected chi connectivity index (χ4v) is 6.31. The van der Waals surface area contributed by atoms with Crippen molar-refractivity contribution in [3.05, 3.63) is 30.0 Å². The highest BCUT2D eigenvalue weighted by Crippen LogP contribution is 2.65. The number of aromatic nitrogens is 1. The van der Waals surface area contributed by atoms with E-state index in [1.54, 1.807) is 18.1 Å². The van der Waals surface area contributed by atoms with Gasteiger partial charge in [-0.25, -0.2) is 4.79 Å². The lowest BCUT2D eigenvalue weighted by Crippen LogP contribution is -2.53. The summed E-state index contributed by atoms with van der Waals surface area (Å²) >= 11 is 0. The zero-order chi connectivity index (χ0) is 26.5. The highest BCUT2D eigenvalue weighted by atomic mass is 16.5. The van der Waals surface area contributed by atoms with Crippen molar-refractivity contribution in [3.8, 4) is 5.75 Å². The second-order valence-corrected chi connectivity index (χ2v) is 10.9. The first-order valence-electron chi connectivity index (χ1n) is 12.8. The molecule has 3 aliphatic rings. The molecule has 2 aliphatic heterocycles. The van der Waals surface area contributed by atoms with Crippen molar-refractivity contribution in [1.29, 1.82) is 0 Å². The molecule has 1 aromatic carbocycles. The number of carbonyl (C=O) groups excluding carboxylic acids is 4. The van der Waals surface area contributed by atoms with Crippen molar-refractivity contribution in [2.75, 3.05) is 27.3 Å². The van der Waals surface area contributed by atoms with E-state index in [1.807, 2.05) is 18.2 Å². The number of ether oxygens (including phenoxy) is 2. The summed E-state index contributed by atoms with van der Waals surface area (Å²) < 4.78 is 10.4. The minimum absolute atomic E-state index is 0.00530. The average molecular weight is 511 g/mol. The van der Waals surface area contributed by atoms with Crippen LogP contribution in [-0.2, 0) is 19.1 Å². The van der Waals surface area contributed by atoms with E-state index in [-0.39, 0.29) is 47.3 Å². The van der Waals surface area contributed by atoms with E-state index in [0.29, 0.717) is 37.4 Å². The molecule has 10 heteroatoms. The van der Waals surface area contributed by atoms with E-state index in [4.69, 9.17) is 9.47 Å². The summed E-state index contributed by atoms with van der Waals surface area (Å²) in [5.41, 5.74) is 1.08. The van der Waals surface area contributed by atoms with Crippen molar-refractivity contribution in [3.63, 3.8) is 0 Å². The summed E-state index contributed by atoms with van der Waals surface area (Å²) in [5, 5.41) is 6.44. The van der Waals surface area contributed by atoms with Crippen LogP contribution in [0, 0.1) is 23.2 Å². The number of esters is 1. The van der Waals surface area contributed by atoms with Gasteiger partial charge in [0, 0.05) is 29.9 Å². The maximum atomic E-state index is 13.7. The molecular formula is C27H34N4O6. The van der Waals surface area contributed by atoms with Crippen molar-refractivity contribution in [1.82, 2.24) is 20.5 Å². The Hall–Kier alpha value is -3.56. The highest BCUT2D eigenvalue weighted by molar-refractivity contribution is 6.02. The summed E-state index contributed by atoms with van der Waals surface area (Å²) in [5.74, 6) is -0.551. The zero-order valence-electron chi connectivity index (χ0n) is 21.6. The first-order chi connectivity index (χ1) is 17.7. The van der Waals surface area contributed by atoms with Gasteiger partial charge in [-0.05, 0) is 54.7 Å². The number of hydrogen-bond donors (Lipinski definition) is 3. The van der Waals surface area contributed by atoms with Gasteiger partial charge in [-0.1, -0.05) is 19.9 Å². The van der Waals surface area contributed by atoms with Gasteiger partial charge < -0.3 is 30.0 Å². The summed E-state index contributed by atoms with van der Waals surface area (Å²) in [6.45, 7) is 5.30. The lowest BCUT2D eigenvalue weighted by Gasteiger charge is -2.31. The van der Waals surface area contributed by atoms with Crippen LogP contribution in [0.4, 0.5) is 0 Å². The monoisotopic (exact) mass is 510 g/mol. The first kappa shape index (κ1) is 25.1. The SMILES string of the molecule is COC(=O)[C@H](CCC1CCNC1=O)NC(=O)[C@@H]1[C@@H]2[C@H](CN1C(=O)c1cc3c(OC)cccc3[nH]1)C2(C)C. The Morgan fingerprint density at radius 2 is 2.03 bits per heavy atom. The lowest BCUT2D eigenvalue weighted by molar-refractivity contribution is -0.146. The Balaban J connectivity index is 1.36. The summed E-state index contributed by atoms with van der Waals surface area (Å²) in [4.78, 5) is 56.6. The molecule has 5 atom stereocenters. The highest BCUT2D eigenvalue weighted by Gasteiger charge is 2.69. The van der Waals surface area contributed by atoms with Crippen molar-refractivity contribution >= 4 is 34.6 Å². The van der Waals surface area contributed by atoms with Crippen LogP contribution in [-0.4, -0.2) is 73.0 Å². The number of amides is 3. The third-order valence-electron chi connectivity index (χ3n) is 8.58. The molecule has 3 amide bonds. The Morgan fingerprint density at radius 1 is 1.24 bits per heavy atom. The van der Waals surface area contributed by atoms with Crippen LogP contribution in [0.5, 0.6) is 5.75 Å². The summed E-state index contributed by atoms with van der Waals surface area (Å²) in [6.07, 6.45) is 1.46. The van der Waals surface area contributed by atoms with Gasteiger partial charge in [0.05, 0.1) is 14.2 Å². The Labute approximate surface area is 215 Å². The van der Waals surface area contributed by atoms with Crippen LogP contribution in [0.25, 0.3) is 10.9 Å². The van der Waals surface area contributed by atoms with E-state index < -0.39 is 18.1 Å². The van der Waals surface area contributed by atoms with Gasteiger partial charge >= 0.3 is 5.97 Å². The average Bonchev–Trinajstić information content (AvgIpc) is 3.41. The van der Waals surface area contributed by atoms with Crippen LogP contribution in [0.2, 0.25) is 0 Å². The van der Waals surface area contributed by atoms with Gasteiger partial charge in [0.2, 0.25) is 11.8 Å². The Kier molecular flexibility index (Phi) is 6.37. The third-order valence-corrected chi connectivity index (χ3v) is 8.58. The Bertz CT molecular complexity index is 1250. The van der Waals surface area contributed by atoms with E-state index in [9.17, 15) is 19.2 Å². The van der Waals surface area contributed by atoms with E-state index in [0.717, 1.165) is 10.9 Å². The van der Waals surface area contributed by atoms with Crippen molar-refractivity contribution in [2.45, 2.75) is 45.2 Å². The topological polar surface area (TPSA) is 130 Å². The molecule has 0 bridgehead atoms. The van der Waals surface area contributed by atoms with Gasteiger partial charge in [0.15, 0.2) is 0 Å². The number of fused-ring (bicyclic) bond motifs is 2. The maximum absolute atomic E-state index is 13.7. The van der Waals surface area contributed by atoms with Crippen molar-refractivity contribution in [2.24, 2.45) is 23.2 Å². The molecule has 198 valence electrons. The molecule has 2 saturated heterocycles. The van der Waals surface area contributed by atoms with Gasteiger partial charge in [-0.2, -0.15) is 0 Å². The molecule has 3 heterocycles. The number of nitrogens with zero attached hydrogens (tertiary/aromatic N) is 1. The Morgan fingerprint density at radius 3 is 2.70 bits per heavy atom. The van der Waals surface area contributed by atoms with Crippen LogP contribution in [0.15, 0.2) is 24.3 Å². The fraction of sp³-hybridized carbons (Fsp3) is 0.556. The number of benzene rings is 1. The summed E-state index contributed by atoms with van der Waals surface area (Å²) in [7, 11) is 2.86. The predicted molar refractivity (Wildman–Crippen MR) is 135 cm³/mol. The van der Waals surface area contributed by atoms with E-state index >= 15 is 0 Å². The lowest BCUT2D eigenvalue weighted by atomic mass is 9.97. The maximum Gasteiger partial charge on any atom is 0.328 e. The van der Waals surface area contributed by atoms with Crippen LogP contribution < -0.4 is 15.4 Å². The van der Waals surface area contributed by atoms with Crippen LogP contribution >= 0.6 is 0 Å². The van der Waals surface area contributed by atoms with Crippen LogP contribution in [0.3, 0.4) is 0 Å². The second kappa shape index (κ2) is 9.39. The minimum Gasteiger partial charge on any atom is -0.496 e. The molecule has 0 spiro atoms. The standard InChI is InChI=1S/C27H34N4O6/c1-27(2)16-13-31(25(34)19-12-15-17(29-19)6-5-7-20(15)36-3)22(21(16)27)24(33)30-18(26(35)37-4)9-8-14-10-11-28-23(14)32/h5-7,12,14,16,18,21-22,29H,8-11,13H2,1-4H3,(H,28,32)(H,30,33)/t14?,16-,18-,21-,22-/m0/s1. The number of nitrogens with one attached hydrogen (secondary N) is 3. The minimum atomic E-state index is -0.888. The first-order valence-corrected chi connectivity index (χ1v) is 12.8. The number of rotatable bonds is 8. The molecule has 37 heavy (non-hydrogen) atoms. The third kappa shape index (κ3) is 4.32. The quantitative estimate of drug-likeness (QED) is 0.465. The predicted octanol–water partition coefficient (Wildman–Crippen LogP) is 1.85. The van der Waals surface area contributed by atoms with Gasteiger partial charge in [-0.3, -0.25) is 14.4 Å². The zero-order valence-corrected chi connectivity index (χ0v) is 21.6. The van der Waals surface area contributed by atoms with Gasteiger partial charge in [0.1, 0.15) is 23.5 Å². The molecule has 1 saturated carbocycles. The summed E-state index contributed by atoms with van der Waals surface area (Å²) in [6, 6.07) is 5.71. The number of hydrogen-bond acceptors (Lipinski definition) is 6. The molecule has 5 rings (SSSR count). The number of H-pyrrole nitrogens is 1. The molecule has 0 radical (unpaired) electrons. The number of carbonyl (C=O) groups is 4. The molecule has 1 aromatic heterocycles. The molecule has 3 fully saturated rings. The largest absolute Gasteiger partial charge is 0.496 e. The van der Waals surface area contributed by atoms with Gasteiger partial charge in [-0.15, -0.1) is 0 Å².